The Labute approximate surface area is 117 Å². The maximum absolute atomic E-state index is 13.1. The molecule has 2 rings (SSSR count). The average molecular weight is 272 g/mol. The maximum atomic E-state index is 13.1. The number of hydrogen-bond acceptors (Lipinski definition) is 2. The molecule has 104 valence electrons. The number of anilines is 1. The number of carbonyl (C=O) groups excluding carboxylic acids is 1. The minimum absolute atomic E-state index is 0.250. The lowest BCUT2D eigenvalue weighted by atomic mass is 10.1. The van der Waals surface area contributed by atoms with Gasteiger partial charge >= 0.3 is 0 Å². The first-order chi connectivity index (χ1) is 9.51. The zero-order chi connectivity index (χ0) is 14.7. The van der Waals surface area contributed by atoms with Gasteiger partial charge in [-0.05, 0) is 54.8 Å². The van der Waals surface area contributed by atoms with Gasteiger partial charge in [-0.15, -0.1) is 0 Å². The largest absolute Gasteiger partial charge is 0.326 e. The summed E-state index contributed by atoms with van der Waals surface area (Å²) < 4.78 is 13.1. The highest BCUT2D eigenvalue weighted by molar-refractivity contribution is 6.05. The standard InChI is InChI=1S/C16H17FN2O/c1-10-3-4-12(9-18)8-15(10)19-16(20)14-6-5-13(17)7-11(14)2/h3-8H,9,18H2,1-2H3,(H,19,20). The summed E-state index contributed by atoms with van der Waals surface area (Å²) in [7, 11) is 0. The summed E-state index contributed by atoms with van der Waals surface area (Å²) in [5, 5.41) is 2.84. The van der Waals surface area contributed by atoms with Gasteiger partial charge in [0.15, 0.2) is 0 Å². The molecule has 0 spiro atoms. The molecule has 4 heteroatoms. The summed E-state index contributed by atoms with van der Waals surface area (Å²) in [6, 6.07) is 9.81. The third-order valence-electron chi connectivity index (χ3n) is 3.22. The lowest BCUT2D eigenvalue weighted by Gasteiger charge is -2.11. The van der Waals surface area contributed by atoms with Crippen LogP contribution >= 0.6 is 0 Å². The first kappa shape index (κ1) is 14.2. The Hall–Kier alpha value is -2.20. The fourth-order valence-electron chi connectivity index (χ4n) is 2.00. The number of amides is 1. The molecule has 3 nitrogen and oxygen atoms in total. The highest BCUT2D eigenvalue weighted by Gasteiger charge is 2.11. The van der Waals surface area contributed by atoms with Gasteiger partial charge in [0.1, 0.15) is 5.82 Å². The molecule has 0 atom stereocenters. The second-order valence-electron chi connectivity index (χ2n) is 4.77. The monoisotopic (exact) mass is 272 g/mol. The number of nitrogens with one attached hydrogen (secondary N) is 1. The van der Waals surface area contributed by atoms with Gasteiger partial charge in [0.2, 0.25) is 0 Å². The fraction of sp³-hybridized carbons (Fsp3) is 0.188. The molecule has 0 heterocycles. The lowest BCUT2D eigenvalue weighted by molar-refractivity contribution is 0.102. The molecule has 2 aromatic carbocycles. The lowest BCUT2D eigenvalue weighted by Crippen LogP contribution is -2.14. The molecule has 0 fully saturated rings. The van der Waals surface area contributed by atoms with Gasteiger partial charge in [0, 0.05) is 17.8 Å². The Balaban J connectivity index is 2.27. The van der Waals surface area contributed by atoms with Crippen LogP contribution in [-0.4, -0.2) is 5.91 Å². The van der Waals surface area contributed by atoms with Crippen LogP contribution < -0.4 is 11.1 Å². The van der Waals surface area contributed by atoms with Gasteiger partial charge < -0.3 is 11.1 Å². The Morgan fingerprint density at radius 2 is 1.90 bits per heavy atom. The zero-order valence-corrected chi connectivity index (χ0v) is 11.5. The van der Waals surface area contributed by atoms with Crippen molar-refractivity contribution in [2.75, 3.05) is 5.32 Å². The minimum atomic E-state index is -0.347. The molecule has 0 aromatic heterocycles. The van der Waals surface area contributed by atoms with Gasteiger partial charge in [-0.25, -0.2) is 4.39 Å². The highest BCUT2D eigenvalue weighted by atomic mass is 19.1. The molecule has 0 aliphatic heterocycles. The molecular weight excluding hydrogens is 255 g/mol. The third-order valence-corrected chi connectivity index (χ3v) is 3.22. The fourth-order valence-corrected chi connectivity index (χ4v) is 2.00. The Morgan fingerprint density at radius 1 is 1.15 bits per heavy atom. The zero-order valence-electron chi connectivity index (χ0n) is 11.5. The number of nitrogens with two attached hydrogens (primary N) is 1. The molecule has 0 saturated carbocycles. The van der Waals surface area contributed by atoms with Crippen LogP contribution in [0.25, 0.3) is 0 Å². The van der Waals surface area contributed by atoms with E-state index < -0.39 is 0 Å². The summed E-state index contributed by atoms with van der Waals surface area (Å²) in [5.41, 5.74) is 9.29. The van der Waals surface area contributed by atoms with E-state index in [0.717, 1.165) is 16.8 Å². The number of benzene rings is 2. The molecule has 0 unspecified atom stereocenters. The third kappa shape index (κ3) is 3.03. The van der Waals surface area contributed by atoms with E-state index in [1.54, 1.807) is 6.92 Å². The van der Waals surface area contributed by atoms with Crippen molar-refractivity contribution in [3.05, 3.63) is 64.5 Å². The van der Waals surface area contributed by atoms with E-state index in [1.165, 1.54) is 18.2 Å². The quantitative estimate of drug-likeness (QED) is 0.901. The molecule has 1 amide bonds. The number of hydrogen-bond donors (Lipinski definition) is 2. The predicted octanol–water partition coefficient (Wildman–Crippen LogP) is 3.15. The normalized spacial score (nSPS) is 10.4. The Kier molecular flexibility index (Phi) is 4.15. The number of carbonyl (C=O) groups is 1. The first-order valence-electron chi connectivity index (χ1n) is 6.38. The van der Waals surface area contributed by atoms with E-state index in [4.69, 9.17) is 5.73 Å². The molecule has 0 bridgehead atoms. The second kappa shape index (κ2) is 5.84. The van der Waals surface area contributed by atoms with Gasteiger partial charge in [-0.1, -0.05) is 12.1 Å². The van der Waals surface area contributed by atoms with Crippen LogP contribution in [0.3, 0.4) is 0 Å². The van der Waals surface area contributed by atoms with E-state index in [2.05, 4.69) is 5.32 Å². The SMILES string of the molecule is Cc1ccc(CN)cc1NC(=O)c1ccc(F)cc1C. The van der Waals surface area contributed by atoms with Gasteiger partial charge in [-0.2, -0.15) is 0 Å². The number of halogens is 1. The van der Waals surface area contributed by atoms with E-state index in [9.17, 15) is 9.18 Å². The van der Waals surface area contributed by atoms with Crippen molar-refractivity contribution < 1.29 is 9.18 Å². The summed E-state index contributed by atoms with van der Waals surface area (Å²) in [4.78, 5) is 12.2. The van der Waals surface area contributed by atoms with Crippen molar-refractivity contribution in [3.8, 4) is 0 Å². The van der Waals surface area contributed by atoms with Crippen LogP contribution in [0.2, 0.25) is 0 Å². The van der Waals surface area contributed by atoms with Crippen molar-refractivity contribution >= 4 is 11.6 Å². The van der Waals surface area contributed by atoms with Crippen molar-refractivity contribution in [1.29, 1.82) is 0 Å². The molecule has 0 radical (unpaired) electrons. The molecule has 0 aliphatic rings. The first-order valence-corrected chi connectivity index (χ1v) is 6.38. The van der Waals surface area contributed by atoms with Crippen LogP contribution in [-0.2, 0) is 6.54 Å². The Morgan fingerprint density at radius 3 is 2.55 bits per heavy atom. The summed E-state index contributed by atoms with van der Waals surface area (Å²) in [6.45, 7) is 4.04. The van der Waals surface area contributed by atoms with Crippen molar-refractivity contribution in [1.82, 2.24) is 0 Å². The smallest absolute Gasteiger partial charge is 0.255 e. The highest BCUT2D eigenvalue weighted by Crippen LogP contribution is 2.19. The van der Waals surface area contributed by atoms with Gasteiger partial charge in [-0.3, -0.25) is 4.79 Å². The van der Waals surface area contributed by atoms with Gasteiger partial charge in [0.25, 0.3) is 5.91 Å². The minimum Gasteiger partial charge on any atom is -0.326 e. The van der Waals surface area contributed by atoms with E-state index in [-0.39, 0.29) is 11.7 Å². The summed E-state index contributed by atoms with van der Waals surface area (Å²) in [6.07, 6.45) is 0. The molecular formula is C16H17FN2O. The summed E-state index contributed by atoms with van der Waals surface area (Å²) >= 11 is 0. The molecule has 2 aromatic rings. The van der Waals surface area contributed by atoms with Crippen molar-refractivity contribution in [2.45, 2.75) is 20.4 Å². The topological polar surface area (TPSA) is 55.1 Å². The van der Waals surface area contributed by atoms with Crippen LogP contribution in [0.15, 0.2) is 36.4 Å². The maximum Gasteiger partial charge on any atom is 0.255 e. The molecule has 0 aliphatic carbocycles. The van der Waals surface area contributed by atoms with Crippen LogP contribution in [0, 0.1) is 19.7 Å². The molecule has 0 saturated heterocycles. The second-order valence-corrected chi connectivity index (χ2v) is 4.77. The predicted molar refractivity (Wildman–Crippen MR) is 78.2 cm³/mol. The van der Waals surface area contributed by atoms with Gasteiger partial charge in [0.05, 0.1) is 0 Å². The van der Waals surface area contributed by atoms with E-state index >= 15 is 0 Å². The van der Waals surface area contributed by atoms with Crippen molar-refractivity contribution in [3.63, 3.8) is 0 Å². The Bertz CT molecular complexity index is 653. The van der Waals surface area contributed by atoms with Crippen molar-refractivity contribution in [2.24, 2.45) is 5.73 Å². The number of aryl methyl sites for hydroxylation is 2. The van der Waals surface area contributed by atoms with Crippen LogP contribution in [0.4, 0.5) is 10.1 Å². The molecule has 20 heavy (non-hydrogen) atoms. The number of rotatable bonds is 3. The average Bonchev–Trinajstić information content (AvgIpc) is 2.41. The van der Waals surface area contributed by atoms with Crippen LogP contribution in [0.5, 0.6) is 0 Å². The van der Waals surface area contributed by atoms with E-state index in [0.29, 0.717) is 17.7 Å². The molecule has 3 N–H and O–H groups in total. The van der Waals surface area contributed by atoms with Crippen LogP contribution in [0.1, 0.15) is 27.0 Å². The van der Waals surface area contributed by atoms with E-state index in [1.807, 2.05) is 25.1 Å². The summed E-state index contributed by atoms with van der Waals surface area (Å²) in [5.74, 6) is -0.597.